The molecule has 2 aromatic carbocycles. The summed E-state index contributed by atoms with van der Waals surface area (Å²) in [5, 5.41) is 3.70. The number of rotatable bonds is 4. The van der Waals surface area contributed by atoms with E-state index in [9.17, 15) is 9.59 Å². The second-order valence-corrected chi connectivity index (χ2v) is 9.74. The van der Waals surface area contributed by atoms with Gasteiger partial charge in [0.05, 0.1) is 5.56 Å². The molecule has 2 aromatic rings. The number of anilines is 2. The molecular weight excluding hydrogens is 445 g/mol. The molecule has 0 aliphatic carbocycles. The van der Waals surface area contributed by atoms with Crippen LogP contribution in [0.5, 0.6) is 0 Å². The Labute approximate surface area is 199 Å². The standard InChI is InChI=1S/C25H29Cl2N3O2/c1-17-7-11-29(12-8-17)23-6-5-21(16-22(23)25(32)30-9-3-2-4-10-30)28-24(31)18-13-19(26)15-20(27)14-18/h5-6,13-17H,2-4,7-12H2,1H3,(H,28,31). The zero-order chi connectivity index (χ0) is 22.7. The van der Waals surface area contributed by atoms with Crippen LogP contribution >= 0.6 is 23.2 Å². The van der Waals surface area contributed by atoms with E-state index in [1.54, 1.807) is 18.2 Å². The molecule has 2 saturated heterocycles. The lowest BCUT2D eigenvalue weighted by Gasteiger charge is -2.35. The number of carbonyl (C=O) groups is 2. The minimum absolute atomic E-state index is 0.0419. The Morgan fingerprint density at radius 1 is 0.906 bits per heavy atom. The van der Waals surface area contributed by atoms with E-state index in [1.807, 2.05) is 23.1 Å². The maximum atomic E-state index is 13.5. The van der Waals surface area contributed by atoms with Crippen molar-refractivity contribution in [2.75, 3.05) is 36.4 Å². The van der Waals surface area contributed by atoms with E-state index in [0.29, 0.717) is 32.8 Å². The lowest BCUT2D eigenvalue weighted by Crippen LogP contribution is -2.38. The molecule has 170 valence electrons. The highest BCUT2D eigenvalue weighted by Crippen LogP contribution is 2.31. The maximum absolute atomic E-state index is 13.5. The van der Waals surface area contributed by atoms with Crippen molar-refractivity contribution >= 4 is 46.4 Å². The second-order valence-electron chi connectivity index (χ2n) is 8.87. The fourth-order valence-corrected chi connectivity index (χ4v) is 4.99. The summed E-state index contributed by atoms with van der Waals surface area (Å²) >= 11 is 12.1. The van der Waals surface area contributed by atoms with Gasteiger partial charge < -0.3 is 15.1 Å². The van der Waals surface area contributed by atoms with Crippen LogP contribution in [0.2, 0.25) is 10.0 Å². The van der Waals surface area contributed by atoms with Gasteiger partial charge in [0, 0.05) is 53.2 Å². The molecule has 2 aliphatic heterocycles. The highest BCUT2D eigenvalue weighted by molar-refractivity contribution is 6.35. The molecule has 32 heavy (non-hydrogen) atoms. The van der Waals surface area contributed by atoms with Crippen LogP contribution < -0.4 is 10.2 Å². The van der Waals surface area contributed by atoms with Crippen LogP contribution in [0, 0.1) is 5.92 Å². The number of benzene rings is 2. The van der Waals surface area contributed by atoms with Crippen molar-refractivity contribution in [3.05, 3.63) is 57.6 Å². The van der Waals surface area contributed by atoms with Gasteiger partial charge in [-0.15, -0.1) is 0 Å². The van der Waals surface area contributed by atoms with Crippen molar-refractivity contribution in [2.45, 2.75) is 39.0 Å². The third kappa shape index (κ3) is 5.38. The average Bonchev–Trinajstić information content (AvgIpc) is 2.79. The molecule has 2 aliphatic rings. The van der Waals surface area contributed by atoms with Gasteiger partial charge in [0.25, 0.3) is 11.8 Å². The normalized spacial score (nSPS) is 17.3. The molecule has 2 fully saturated rings. The molecule has 4 rings (SSSR count). The molecular formula is C25H29Cl2N3O2. The van der Waals surface area contributed by atoms with Crippen LogP contribution in [0.15, 0.2) is 36.4 Å². The Morgan fingerprint density at radius 3 is 2.22 bits per heavy atom. The minimum atomic E-state index is -0.315. The van der Waals surface area contributed by atoms with E-state index in [0.717, 1.165) is 57.5 Å². The van der Waals surface area contributed by atoms with Gasteiger partial charge >= 0.3 is 0 Å². The van der Waals surface area contributed by atoms with Crippen LogP contribution in [0.4, 0.5) is 11.4 Å². The fraction of sp³-hybridized carbons (Fsp3) is 0.440. The van der Waals surface area contributed by atoms with E-state index in [4.69, 9.17) is 23.2 Å². The number of piperidine rings is 2. The molecule has 0 saturated carbocycles. The molecule has 1 N–H and O–H groups in total. The molecule has 2 heterocycles. The Hall–Kier alpha value is -2.24. The van der Waals surface area contributed by atoms with Gasteiger partial charge in [-0.1, -0.05) is 30.1 Å². The Kier molecular flexibility index (Phi) is 7.27. The van der Waals surface area contributed by atoms with E-state index < -0.39 is 0 Å². The van der Waals surface area contributed by atoms with Crippen molar-refractivity contribution < 1.29 is 9.59 Å². The lowest BCUT2D eigenvalue weighted by atomic mass is 9.97. The van der Waals surface area contributed by atoms with E-state index >= 15 is 0 Å². The third-order valence-electron chi connectivity index (χ3n) is 6.38. The van der Waals surface area contributed by atoms with Crippen molar-refractivity contribution in [2.24, 2.45) is 5.92 Å². The van der Waals surface area contributed by atoms with Crippen LogP contribution in [0.25, 0.3) is 0 Å². The maximum Gasteiger partial charge on any atom is 0.256 e. The van der Waals surface area contributed by atoms with Gasteiger partial charge in [-0.25, -0.2) is 0 Å². The van der Waals surface area contributed by atoms with Gasteiger partial charge in [0.15, 0.2) is 0 Å². The number of halogens is 2. The van der Waals surface area contributed by atoms with E-state index in [1.165, 1.54) is 6.42 Å². The first-order chi connectivity index (χ1) is 15.4. The summed E-state index contributed by atoms with van der Waals surface area (Å²) in [6, 6.07) is 10.4. The van der Waals surface area contributed by atoms with Gasteiger partial charge in [-0.3, -0.25) is 9.59 Å². The van der Waals surface area contributed by atoms with Crippen LogP contribution in [-0.4, -0.2) is 42.9 Å². The van der Waals surface area contributed by atoms with Crippen LogP contribution in [0.1, 0.15) is 59.7 Å². The summed E-state index contributed by atoms with van der Waals surface area (Å²) in [5.74, 6) is 0.432. The third-order valence-corrected chi connectivity index (χ3v) is 6.81. The summed E-state index contributed by atoms with van der Waals surface area (Å²) in [6.45, 7) is 5.72. The highest BCUT2D eigenvalue weighted by Gasteiger charge is 2.25. The number of nitrogens with zero attached hydrogens (tertiary/aromatic N) is 2. The Balaban J connectivity index is 1.62. The number of hydrogen-bond donors (Lipinski definition) is 1. The summed E-state index contributed by atoms with van der Waals surface area (Å²) in [5.41, 5.74) is 2.57. The van der Waals surface area contributed by atoms with E-state index in [-0.39, 0.29) is 11.8 Å². The minimum Gasteiger partial charge on any atom is -0.371 e. The fourth-order valence-electron chi connectivity index (χ4n) is 4.47. The molecule has 7 heteroatoms. The van der Waals surface area contributed by atoms with Crippen molar-refractivity contribution in [1.29, 1.82) is 0 Å². The number of carbonyl (C=O) groups excluding carboxylic acids is 2. The summed E-state index contributed by atoms with van der Waals surface area (Å²) in [7, 11) is 0. The predicted octanol–water partition coefficient (Wildman–Crippen LogP) is 6.11. The van der Waals surface area contributed by atoms with Crippen LogP contribution in [-0.2, 0) is 0 Å². The molecule has 0 bridgehead atoms. The molecule has 5 nitrogen and oxygen atoms in total. The zero-order valence-corrected chi connectivity index (χ0v) is 19.9. The molecule has 0 spiro atoms. The van der Waals surface area contributed by atoms with Gasteiger partial charge in [-0.2, -0.15) is 0 Å². The molecule has 0 aromatic heterocycles. The predicted molar refractivity (Wildman–Crippen MR) is 131 cm³/mol. The van der Waals surface area contributed by atoms with Crippen LogP contribution in [0.3, 0.4) is 0 Å². The average molecular weight is 474 g/mol. The van der Waals surface area contributed by atoms with Crippen molar-refractivity contribution in [3.8, 4) is 0 Å². The quantitative estimate of drug-likeness (QED) is 0.582. The first kappa shape index (κ1) is 22.9. The van der Waals surface area contributed by atoms with Gasteiger partial charge in [-0.05, 0) is 74.4 Å². The number of likely N-dealkylation sites (tertiary alicyclic amines) is 1. The molecule has 0 unspecified atom stereocenters. The molecule has 0 atom stereocenters. The smallest absolute Gasteiger partial charge is 0.256 e. The monoisotopic (exact) mass is 473 g/mol. The first-order valence-electron chi connectivity index (χ1n) is 11.4. The van der Waals surface area contributed by atoms with Gasteiger partial charge in [0.2, 0.25) is 0 Å². The largest absolute Gasteiger partial charge is 0.371 e. The SMILES string of the molecule is CC1CCN(c2ccc(NC(=O)c3cc(Cl)cc(Cl)c3)cc2C(=O)N2CCCCC2)CC1. The molecule has 2 amide bonds. The van der Waals surface area contributed by atoms with Crippen molar-refractivity contribution in [1.82, 2.24) is 4.90 Å². The van der Waals surface area contributed by atoms with Crippen molar-refractivity contribution in [3.63, 3.8) is 0 Å². The number of hydrogen-bond acceptors (Lipinski definition) is 3. The summed E-state index contributed by atoms with van der Waals surface area (Å²) < 4.78 is 0. The first-order valence-corrected chi connectivity index (χ1v) is 12.1. The summed E-state index contributed by atoms with van der Waals surface area (Å²) in [4.78, 5) is 30.5. The molecule has 0 radical (unpaired) electrons. The number of amides is 2. The summed E-state index contributed by atoms with van der Waals surface area (Å²) in [6.07, 6.45) is 5.47. The van der Waals surface area contributed by atoms with E-state index in [2.05, 4.69) is 17.1 Å². The Morgan fingerprint density at radius 2 is 1.56 bits per heavy atom. The number of nitrogens with one attached hydrogen (secondary N) is 1. The zero-order valence-electron chi connectivity index (χ0n) is 18.4. The highest BCUT2D eigenvalue weighted by atomic mass is 35.5. The lowest BCUT2D eigenvalue weighted by molar-refractivity contribution is 0.0724. The second kappa shape index (κ2) is 10.1. The topological polar surface area (TPSA) is 52.7 Å². The van der Waals surface area contributed by atoms with Gasteiger partial charge in [0.1, 0.15) is 0 Å². The Bertz CT molecular complexity index is 976.